The van der Waals surface area contributed by atoms with Gasteiger partial charge in [-0.3, -0.25) is 9.59 Å². The van der Waals surface area contributed by atoms with Gasteiger partial charge in [0.2, 0.25) is 11.8 Å². The number of hydrogen-bond donors (Lipinski definition) is 1. The van der Waals surface area contributed by atoms with E-state index in [4.69, 9.17) is 17.3 Å². The van der Waals surface area contributed by atoms with Crippen molar-refractivity contribution in [3.63, 3.8) is 0 Å². The van der Waals surface area contributed by atoms with E-state index in [9.17, 15) is 9.59 Å². The second-order valence-corrected chi connectivity index (χ2v) is 9.95. The molecule has 2 amide bonds. The molecule has 5 nitrogen and oxygen atoms in total. The Balaban J connectivity index is 1.88. The molecular formula is C23H34ClN3O2. The van der Waals surface area contributed by atoms with Crippen molar-refractivity contribution in [3.05, 3.63) is 29.3 Å². The minimum absolute atomic E-state index is 0.0196. The number of anilines is 1. The van der Waals surface area contributed by atoms with Crippen LogP contribution in [0.15, 0.2) is 24.3 Å². The van der Waals surface area contributed by atoms with Crippen LogP contribution in [0.3, 0.4) is 0 Å². The van der Waals surface area contributed by atoms with E-state index >= 15 is 0 Å². The van der Waals surface area contributed by atoms with Gasteiger partial charge >= 0.3 is 0 Å². The lowest BCUT2D eigenvalue weighted by molar-refractivity contribution is -0.140. The van der Waals surface area contributed by atoms with Crippen molar-refractivity contribution in [1.29, 1.82) is 0 Å². The van der Waals surface area contributed by atoms with Crippen LogP contribution in [-0.2, 0) is 9.59 Å². The molecular weight excluding hydrogens is 386 g/mol. The number of halogens is 1. The van der Waals surface area contributed by atoms with Crippen LogP contribution < -0.4 is 10.6 Å². The molecule has 1 aromatic carbocycles. The summed E-state index contributed by atoms with van der Waals surface area (Å²) in [7, 11) is 0. The molecule has 0 spiro atoms. The van der Waals surface area contributed by atoms with E-state index in [-0.39, 0.29) is 23.3 Å². The predicted octanol–water partition coefficient (Wildman–Crippen LogP) is 4.37. The summed E-state index contributed by atoms with van der Waals surface area (Å²) in [6, 6.07) is 6.60. The van der Waals surface area contributed by atoms with Gasteiger partial charge in [-0.05, 0) is 55.4 Å². The topological polar surface area (TPSA) is 66.6 Å². The fraction of sp³-hybridized carbons (Fsp3) is 0.652. The molecule has 1 aliphatic heterocycles. The average Bonchev–Trinajstić information content (AvgIpc) is 3.18. The summed E-state index contributed by atoms with van der Waals surface area (Å²) in [5.41, 5.74) is 6.78. The SMILES string of the molecule is CC(C)(C)[C@H](N)C(=O)N1CCC[C@H]1C(=O)N(c1ccc(Cl)cc1)C1CCCCC1. The maximum absolute atomic E-state index is 13.8. The third-order valence-electron chi connectivity index (χ3n) is 6.30. The van der Waals surface area contributed by atoms with E-state index in [1.54, 1.807) is 4.90 Å². The van der Waals surface area contributed by atoms with Crippen LogP contribution in [0.25, 0.3) is 0 Å². The van der Waals surface area contributed by atoms with E-state index in [1.807, 2.05) is 49.9 Å². The van der Waals surface area contributed by atoms with Crippen molar-refractivity contribution in [1.82, 2.24) is 4.90 Å². The zero-order valence-electron chi connectivity index (χ0n) is 17.9. The van der Waals surface area contributed by atoms with Crippen LogP contribution in [0.2, 0.25) is 5.02 Å². The number of hydrogen-bond acceptors (Lipinski definition) is 3. The predicted molar refractivity (Wildman–Crippen MR) is 118 cm³/mol. The number of nitrogens with two attached hydrogens (primary N) is 1. The highest BCUT2D eigenvalue weighted by atomic mass is 35.5. The first kappa shape index (κ1) is 22.1. The van der Waals surface area contributed by atoms with Crippen molar-refractivity contribution in [2.45, 2.75) is 83.8 Å². The molecule has 2 fully saturated rings. The van der Waals surface area contributed by atoms with Crippen molar-refractivity contribution in [3.8, 4) is 0 Å². The fourth-order valence-corrected chi connectivity index (χ4v) is 4.58. The standard InChI is InChI=1S/C23H34ClN3O2/c1-23(2,3)20(25)22(29)26-15-7-10-19(26)21(28)27(17-8-5-4-6-9-17)18-13-11-16(24)12-14-18/h11-14,17,19-20H,4-10,15,25H2,1-3H3/t19-,20+/m0/s1. The number of nitrogens with zero attached hydrogens (tertiary/aromatic N) is 2. The van der Waals surface area contributed by atoms with Gasteiger partial charge < -0.3 is 15.5 Å². The summed E-state index contributed by atoms with van der Waals surface area (Å²) in [4.78, 5) is 30.5. The van der Waals surface area contributed by atoms with Crippen molar-refractivity contribution in [2.75, 3.05) is 11.4 Å². The van der Waals surface area contributed by atoms with Crippen LogP contribution in [-0.4, -0.2) is 41.4 Å². The third-order valence-corrected chi connectivity index (χ3v) is 6.55. The molecule has 0 radical (unpaired) electrons. The van der Waals surface area contributed by atoms with E-state index in [2.05, 4.69) is 0 Å². The third kappa shape index (κ3) is 4.95. The average molecular weight is 420 g/mol. The Kier molecular flexibility index (Phi) is 6.90. The number of likely N-dealkylation sites (tertiary alicyclic amines) is 1. The van der Waals surface area contributed by atoms with Crippen LogP contribution in [0, 0.1) is 5.41 Å². The molecule has 1 heterocycles. The van der Waals surface area contributed by atoms with Crippen LogP contribution in [0.5, 0.6) is 0 Å². The summed E-state index contributed by atoms with van der Waals surface area (Å²) in [6.07, 6.45) is 6.99. The first-order chi connectivity index (χ1) is 13.7. The quantitative estimate of drug-likeness (QED) is 0.787. The second-order valence-electron chi connectivity index (χ2n) is 9.51. The van der Waals surface area contributed by atoms with Crippen molar-refractivity contribution < 1.29 is 9.59 Å². The Labute approximate surface area is 179 Å². The fourth-order valence-electron chi connectivity index (χ4n) is 4.46. The van der Waals surface area contributed by atoms with Crippen LogP contribution in [0.4, 0.5) is 5.69 Å². The number of benzene rings is 1. The summed E-state index contributed by atoms with van der Waals surface area (Å²) in [5.74, 6) is -0.0979. The van der Waals surface area contributed by atoms with Gasteiger partial charge in [0.25, 0.3) is 0 Å². The molecule has 1 saturated carbocycles. The lowest BCUT2D eigenvalue weighted by Crippen LogP contribution is -2.56. The molecule has 0 aromatic heterocycles. The van der Waals surface area contributed by atoms with Gasteiger partial charge in [0.1, 0.15) is 6.04 Å². The minimum atomic E-state index is -0.616. The molecule has 3 rings (SSSR count). The number of carbonyl (C=O) groups is 2. The Morgan fingerprint density at radius 1 is 1.07 bits per heavy atom. The van der Waals surface area contributed by atoms with Crippen LogP contribution in [0.1, 0.15) is 65.7 Å². The minimum Gasteiger partial charge on any atom is -0.329 e. The van der Waals surface area contributed by atoms with E-state index < -0.39 is 12.1 Å². The second kappa shape index (κ2) is 9.05. The summed E-state index contributed by atoms with van der Waals surface area (Å²) >= 11 is 6.08. The van der Waals surface area contributed by atoms with Gasteiger partial charge in [-0.1, -0.05) is 51.6 Å². The van der Waals surface area contributed by atoms with Gasteiger partial charge in [0, 0.05) is 23.3 Å². The van der Waals surface area contributed by atoms with E-state index in [1.165, 1.54) is 6.42 Å². The molecule has 1 aromatic rings. The van der Waals surface area contributed by atoms with E-state index in [0.717, 1.165) is 37.8 Å². The molecule has 2 atom stereocenters. The smallest absolute Gasteiger partial charge is 0.250 e. The number of rotatable bonds is 4. The molecule has 1 saturated heterocycles. The summed E-state index contributed by atoms with van der Waals surface area (Å²) in [6.45, 7) is 6.48. The van der Waals surface area contributed by atoms with Crippen molar-refractivity contribution >= 4 is 29.1 Å². The van der Waals surface area contributed by atoms with Gasteiger partial charge in [-0.15, -0.1) is 0 Å². The highest BCUT2D eigenvalue weighted by Gasteiger charge is 2.42. The molecule has 2 aliphatic rings. The van der Waals surface area contributed by atoms with E-state index in [0.29, 0.717) is 18.0 Å². The maximum atomic E-state index is 13.8. The lowest BCUT2D eigenvalue weighted by atomic mass is 9.86. The number of amides is 2. The molecule has 1 aliphatic carbocycles. The molecule has 2 N–H and O–H groups in total. The number of carbonyl (C=O) groups excluding carboxylic acids is 2. The Morgan fingerprint density at radius 3 is 2.28 bits per heavy atom. The Bertz CT molecular complexity index is 723. The highest BCUT2D eigenvalue weighted by molar-refractivity contribution is 6.30. The zero-order valence-corrected chi connectivity index (χ0v) is 18.6. The lowest BCUT2D eigenvalue weighted by Gasteiger charge is -2.39. The first-order valence-corrected chi connectivity index (χ1v) is 11.2. The molecule has 29 heavy (non-hydrogen) atoms. The zero-order chi connectivity index (χ0) is 21.2. The normalized spacial score (nSPS) is 21.8. The Hall–Kier alpha value is -1.59. The molecule has 6 heteroatoms. The maximum Gasteiger partial charge on any atom is 0.250 e. The van der Waals surface area contributed by atoms with Gasteiger partial charge in [0.05, 0.1) is 6.04 Å². The highest BCUT2D eigenvalue weighted by Crippen LogP contribution is 2.32. The van der Waals surface area contributed by atoms with Gasteiger partial charge in [0.15, 0.2) is 0 Å². The Morgan fingerprint density at radius 2 is 1.69 bits per heavy atom. The van der Waals surface area contributed by atoms with Gasteiger partial charge in [-0.2, -0.15) is 0 Å². The summed E-state index contributed by atoms with van der Waals surface area (Å²) in [5, 5.41) is 0.651. The first-order valence-electron chi connectivity index (χ1n) is 10.8. The molecule has 160 valence electrons. The largest absolute Gasteiger partial charge is 0.329 e. The molecule has 0 bridgehead atoms. The molecule has 0 unspecified atom stereocenters. The summed E-state index contributed by atoms with van der Waals surface area (Å²) < 4.78 is 0. The monoisotopic (exact) mass is 419 g/mol. The van der Waals surface area contributed by atoms with Crippen molar-refractivity contribution in [2.24, 2.45) is 11.1 Å². The van der Waals surface area contributed by atoms with Gasteiger partial charge in [-0.25, -0.2) is 0 Å². The van der Waals surface area contributed by atoms with Crippen LogP contribution >= 0.6 is 11.6 Å².